The van der Waals surface area contributed by atoms with Gasteiger partial charge in [-0.15, -0.1) is 0 Å². The highest BCUT2D eigenvalue weighted by atomic mass is 16.5. The Labute approximate surface area is 120 Å². The average Bonchev–Trinajstić information content (AvgIpc) is 2.92. The molecule has 0 bridgehead atoms. The molecule has 0 saturated heterocycles. The van der Waals surface area contributed by atoms with Crippen molar-refractivity contribution in [3.8, 4) is 5.75 Å². The number of rotatable bonds is 8. The number of H-pyrrole nitrogens is 1. The van der Waals surface area contributed by atoms with Gasteiger partial charge in [-0.05, 0) is 31.8 Å². The van der Waals surface area contributed by atoms with E-state index < -0.39 is 0 Å². The minimum Gasteiger partial charge on any atom is -0.492 e. The number of nitrogens with one attached hydrogen (secondary N) is 2. The van der Waals surface area contributed by atoms with E-state index in [1.807, 2.05) is 32.4 Å². The van der Waals surface area contributed by atoms with Crippen molar-refractivity contribution >= 4 is 0 Å². The fraction of sp³-hybridized carbons (Fsp3) is 0.400. The highest BCUT2D eigenvalue weighted by Crippen LogP contribution is 2.13. The molecule has 1 heterocycles. The average molecular weight is 274 g/mol. The smallest absolute Gasteiger partial charge is 0.120 e. The first-order valence-electron chi connectivity index (χ1n) is 6.79. The topological polar surface area (TPSA) is 53.2 Å². The van der Waals surface area contributed by atoms with E-state index in [1.165, 1.54) is 5.56 Å². The minimum absolute atomic E-state index is 0.705. The first-order chi connectivity index (χ1) is 9.74. The summed E-state index contributed by atoms with van der Waals surface area (Å²) in [6.45, 7) is 3.15. The van der Waals surface area contributed by atoms with Crippen molar-refractivity contribution in [2.45, 2.75) is 13.1 Å². The lowest BCUT2D eigenvalue weighted by atomic mass is 10.2. The van der Waals surface area contributed by atoms with Gasteiger partial charge in [-0.25, -0.2) is 4.98 Å². The number of aromatic nitrogens is 2. The molecule has 0 unspecified atom stereocenters. The predicted molar refractivity (Wildman–Crippen MR) is 79.6 cm³/mol. The van der Waals surface area contributed by atoms with Crippen molar-refractivity contribution in [1.29, 1.82) is 0 Å². The van der Waals surface area contributed by atoms with Gasteiger partial charge in [0.05, 0.1) is 6.54 Å². The second kappa shape index (κ2) is 7.67. The van der Waals surface area contributed by atoms with Crippen LogP contribution in [0.2, 0.25) is 0 Å². The van der Waals surface area contributed by atoms with Crippen molar-refractivity contribution < 1.29 is 4.74 Å². The fourth-order valence-electron chi connectivity index (χ4n) is 1.81. The number of aromatic amines is 1. The molecule has 2 aromatic rings. The number of likely N-dealkylation sites (N-methyl/N-ethyl adjacent to an activating group) is 1. The van der Waals surface area contributed by atoms with E-state index in [9.17, 15) is 0 Å². The van der Waals surface area contributed by atoms with Gasteiger partial charge in [0.15, 0.2) is 0 Å². The van der Waals surface area contributed by atoms with Crippen molar-refractivity contribution in [3.63, 3.8) is 0 Å². The SMILES string of the molecule is CN(C)CCOc1cccc(CNCc2ncc[nH]2)c1. The second-order valence-electron chi connectivity index (χ2n) is 4.94. The Hall–Kier alpha value is -1.85. The molecule has 0 aliphatic heterocycles. The molecule has 0 radical (unpaired) electrons. The molecule has 0 aliphatic carbocycles. The maximum atomic E-state index is 5.72. The molecule has 2 N–H and O–H groups in total. The van der Waals surface area contributed by atoms with Gasteiger partial charge in [-0.1, -0.05) is 12.1 Å². The summed E-state index contributed by atoms with van der Waals surface area (Å²) in [5, 5.41) is 3.35. The number of nitrogens with zero attached hydrogens (tertiary/aromatic N) is 2. The lowest BCUT2D eigenvalue weighted by molar-refractivity contribution is 0.261. The Balaban J connectivity index is 1.77. The predicted octanol–water partition coefficient (Wildman–Crippen LogP) is 1.64. The Kier molecular flexibility index (Phi) is 5.58. The summed E-state index contributed by atoms with van der Waals surface area (Å²) in [6, 6.07) is 8.18. The molecule has 0 amide bonds. The molecular weight excluding hydrogens is 252 g/mol. The van der Waals surface area contributed by atoms with Crippen LogP contribution in [-0.2, 0) is 13.1 Å². The van der Waals surface area contributed by atoms with Crippen LogP contribution in [0.25, 0.3) is 0 Å². The van der Waals surface area contributed by atoms with E-state index in [0.29, 0.717) is 6.61 Å². The zero-order valence-corrected chi connectivity index (χ0v) is 12.1. The molecule has 1 aromatic heterocycles. The normalized spacial score (nSPS) is 10.9. The van der Waals surface area contributed by atoms with E-state index in [-0.39, 0.29) is 0 Å². The lowest BCUT2D eigenvalue weighted by Crippen LogP contribution is -2.19. The van der Waals surface area contributed by atoms with Crippen LogP contribution in [0, 0.1) is 0 Å². The molecule has 5 nitrogen and oxygen atoms in total. The zero-order valence-electron chi connectivity index (χ0n) is 12.1. The van der Waals surface area contributed by atoms with Crippen LogP contribution in [-0.4, -0.2) is 42.1 Å². The maximum absolute atomic E-state index is 5.72. The minimum atomic E-state index is 0.705. The third-order valence-corrected chi connectivity index (χ3v) is 2.88. The van der Waals surface area contributed by atoms with Gasteiger partial charge in [0.25, 0.3) is 0 Å². The standard InChI is InChI=1S/C15H22N4O/c1-19(2)8-9-20-14-5-3-4-13(10-14)11-16-12-15-17-6-7-18-15/h3-7,10,16H,8-9,11-12H2,1-2H3,(H,17,18). The molecule has 0 aliphatic rings. The van der Waals surface area contributed by atoms with E-state index >= 15 is 0 Å². The Bertz CT molecular complexity index is 496. The van der Waals surface area contributed by atoms with Crippen molar-refractivity contribution in [1.82, 2.24) is 20.2 Å². The zero-order chi connectivity index (χ0) is 14.2. The molecule has 0 atom stereocenters. The van der Waals surface area contributed by atoms with Crippen LogP contribution in [0.4, 0.5) is 0 Å². The van der Waals surface area contributed by atoms with Crippen molar-refractivity contribution in [2.75, 3.05) is 27.2 Å². The highest BCUT2D eigenvalue weighted by Gasteiger charge is 1.99. The van der Waals surface area contributed by atoms with Crippen molar-refractivity contribution in [3.05, 3.63) is 48.0 Å². The number of hydrogen-bond donors (Lipinski definition) is 2. The summed E-state index contributed by atoms with van der Waals surface area (Å²) in [6.07, 6.45) is 3.59. The molecule has 0 fully saturated rings. The number of benzene rings is 1. The maximum Gasteiger partial charge on any atom is 0.120 e. The molecular formula is C15H22N4O. The first kappa shape index (κ1) is 14.6. The third kappa shape index (κ3) is 5.03. The Morgan fingerprint density at radius 1 is 1.30 bits per heavy atom. The van der Waals surface area contributed by atoms with Crippen LogP contribution < -0.4 is 10.1 Å². The van der Waals surface area contributed by atoms with Gasteiger partial charge in [0, 0.05) is 25.5 Å². The summed E-state index contributed by atoms with van der Waals surface area (Å²) >= 11 is 0. The van der Waals surface area contributed by atoms with Crippen LogP contribution in [0.15, 0.2) is 36.7 Å². The summed E-state index contributed by atoms with van der Waals surface area (Å²) in [5.41, 5.74) is 1.21. The largest absolute Gasteiger partial charge is 0.492 e. The molecule has 108 valence electrons. The monoisotopic (exact) mass is 274 g/mol. The van der Waals surface area contributed by atoms with E-state index in [4.69, 9.17) is 4.74 Å². The van der Waals surface area contributed by atoms with E-state index in [1.54, 1.807) is 6.20 Å². The van der Waals surface area contributed by atoms with Crippen LogP contribution in [0.3, 0.4) is 0 Å². The molecule has 2 rings (SSSR count). The van der Waals surface area contributed by atoms with Gasteiger partial charge in [-0.3, -0.25) is 0 Å². The number of hydrogen-bond acceptors (Lipinski definition) is 4. The fourth-order valence-corrected chi connectivity index (χ4v) is 1.81. The number of ether oxygens (including phenoxy) is 1. The van der Waals surface area contributed by atoms with Gasteiger partial charge in [-0.2, -0.15) is 0 Å². The van der Waals surface area contributed by atoms with Gasteiger partial charge >= 0.3 is 0 Å². The van der Waals surface area contributed by atoms with Crippen molar-refractivity contribution in [2.24, 2.45) is 0 Å². The molecule has 0 saturated carbocycles. The van der Waals surface area contributed by atoms with E-state index in [0.717, 1.165) is 31.2 Å². The molecule has 0 spiro atoms. The first-order valence-corrected chi connectivity index (χ1v) is 6.79. The Morgan fingerprint density at radius 3 is 2.95 bits per heavy atom. The second-order valence-corrected chi connectivity index (χ2v) is 4.94. The van der Waals surface area contributed by atoms with Gasteiger partial charge < -0.3 is 19.9 Å². The summed E-state index contributed by atoms with van der Waals surface area (Å²) in [4.78, 5) is 9.35. The van der Waals surface area contributed by atoms with Crippen LogP contribution in [0.1, 0.15) is 11.4 Å². The van der Waals surface area contributed by atoms with Crippen LogP contribution >= 0.6 is 0 Å². The van der Waals surface area contributed by atoms with Crippen LogP contribution in [0.5, 0.6) is 5.75 Å². The van der Waals surface area contributed by atoms with Gasteiger partial charge in [0.2, 0.25) is 0 Å². The Morgan fingerprint density at radius 2 is 2.20 bits per heavy atom. The molecule has 1 aromatic carbocycles. The van der Waals surface area contributed by atoms with E-state index in [2.05, 4.69) is 32.3 Å². The third-order valence-electron chi connectivity index (χ3n) is 2.88. The number of imidazole rings is 1. The van der Waals surface area contributed by atoms with Gasteiger partial charge in [0.1, 0.15) is 18.2 Å². The molecule has 20 heavy (non-hydrogen) atoms. The summed E-state index contributed by atoms with van der Waals surface area (Å²) in [7, 11) is 4.08. The lowest BCUT2D eigenvalue weighted by Gasteiger charge is -2.12. The molecule has 5 heteroatoms. The highest BCUT2D eigenvalue weighted by molar-refractivity contribution is 5.28. The summed E-state index contributed by atoms with van der Waals surface area (Å²) in [5.74, 6) is 1.87. The summed E-state index contributed by atoms with van der Waals surface area (Å²) < 4.78 is 5.72. The quantitative estimate of drug-likeness (QED) is 0.768.